The van der Waals surface area contributed by atoms with Crippen LogP contribution in [0.15, 0.2) is 6.07 Å². The van der Waals surface area contributed by atoms with Crippen molar-refractivity contribution in [3.05, 3.63) is 16.4 Å². The fourth-order valence-corrected chi connectivity index (χ4v) is 4.47. The first-order chi connectivity index (χ1) is 12.0. The first-order valence-electron chi connectivity index (χ1n) is 8.89. The number of hydrogen-bond donors (Lipinski definition) is 0. The van der Waals surface area contributed by atoms with Crippen LogP contribution in [0.2, 0.25) is 10.3 Å². The zero-order valence-electron chi connectivity index (χ0n) is 14.8. The summed E-state index contributed by atoms with van der Waals surface area (Å²) in [6, 6.07) is 2.52. The van der Waals surface area contributed by atoms with Crippen LogP contribution in [0.3, 0.4) is 0 Å². The standard InChI is InChI=1S/C17H24Cl2N6/c1-22-7-9-24(10-8-22)12-3-5-25(6-4-12)17-21-15-13(23(17)2)11-14(18)20-16(15)19/h11-12H,3-10H2,1-2H3. The van der Waals surface area contributed by atoms with Crippen LogP contribution in [0, 0.1) is 0 Å². The predicted octanol–water partition coefficient (Wildman–Crippen LogP) is 2.49. The zero-order valence-corrected chi connectivity index (χ0v) is 16.3. The van der Waals surface area contributed by atoms with Gasteiger partial charge in [0, 0.05) is 58.4 Å². The lowest BCUT2D eigenvalue weighted by molar-refractivity contribution is 0.0980. The molecule has 136 valence electrons. The van der Waals surface area contributed by atoms with E-state index in [4.69, 9.17) is 28.2 Å². The van der Waals surface area contributed by atoms with Gasteiger partial charge in [-0.1, -0.05) is 23.2 Å². The highest BCUT2D eigenvalue weighted by Crippen LogP contribution is 2.30. The van der Waals surface area contributed by atoms with Crippen molar-refractivity contribution >= 4 is 40.2 Å². The molecule has 0 bridgehead atoms. The molecular weight excluding hydrogens is 359 g/mol. The van der Waals surface area contributed by atoms with Gasteiger partial charge in [-0.05, 0) is 19.9 Å². The molecule has 2 aliphatic rings. The summed E-state index contributed by atoms with van der Waals surface area (Å²) >= 11 is 12.3. The van der Waals surface area contributed by atoms with Gasteiger partial charge >= 0.3 is 0 Å². The second-order valence-corrected chi connectivity index (χ2v) is 7.88. The molecule has 0 radical (unpaired) electrons. The Kier molecular flexibility index (Phi) is 4.79. The smallest absolute Gasteiger partial charge is 0.206 e. The molecule has 2 aromatic rings. The Hall–Kier alpha value is -1.08. The predicted molar refractivity (Wildman–Crippen MR) is 103 cm³/mol. The van der Waals surface area contributed by atoms with Gasteiger partial charge < -0.3 is 14.4 Å². The van der Waals surface area contributed by atoms with E-state index in [1.54, 1.807) is 0 Å². The Balaban J connectivity index is 1.48. The van der Waals surface area contributed by atoms with E-state index >= 15 is 0 Å². The normalized spacial score (nSPS) is 21.4. The van der Waals surface area contributed by atoms with Gasteiger partial charge in [0.15, 0.2) is 5.15 Å². The topological polar surface area (TPSA) is 40.4 Å². The number of aromatic nitrogens is 3. The van der Waals surface area contributed by atoms with Crippen molar-refractivity contribution in [3.63, 3.8) is 0 Å². The molecule has 2 saturated heterocycles. The van der Waals surface area contributed by atoms with Crippen molar-refractivity contribution < 1.29 is 0 Å². The number of nitrogens with zero attached hydrogens (tertiary/aromatic N) is 6. The van der Waals surface area contributed by atoms with Crippen molar-refractivity contribution in [2.45, 2.75) is 18.9 Å². The number of halogens is 2. The summed E-state index contributed by atoms with van der Waals surface area (Å²) in [6.45, 7) is 6.77. The van der Waals surface area contributed by atoms with E-state index in [1.807, 2.05) is 13.1 Å². The summed E-state index contributed by atoms with van der Waals surface area (Å²) in [5.74, 6) is 0.956. The third kappa shape index (κ3) is 3.33. The minimum atomic E-state index is 0.372. The van der Waals surface area contributed by atoms with Gasteiger partial charge in [-0.15, -0.1) is 0 Å². The van der Waals surface area contributed by atoms with Gasteiger partial charge in [-0.3, -0.25) is 4.90 Å². The Labute approximate surface area is 158 Å². The van der Waals surface area contributed by atoms with Crippen LogP contribution in [0.1, 0.15) is 12.8 Å². The molecule has 4 rings (SSSR count). The Morgan fingerprint density at radius 2 is 1.64 bits per heavy atom. The van der Waals surface area contributed by atoms with Crippen LogP contribution in [-0.2, 0) is 7.05 Å². The van der Waals surface area contributed by atoms with Gasteiger partial charge in [0.2, 0.25) is 5.95 Å². The maximum absolute atomic E-state index is 6.22. The fourth-order valence-electron chi connectivity index (χ4n) is 4.01. The molecular formula is C17H24Cl2N6. The molecule has 2 aromatic heterocycles. The zero-order chi connectivity index (χ0) is 17.6. The molecule has 0 saturated carbocycles. The molecule has 0 N–H and O–H groups in total. The number of anilines is 1. The first kappa shape index (κ1) is 17.3. The molecule has 0 unspecified atom stereocenters. The molecule has 4 heterocycles. The molecule has 2 fully saturated rings. The van der Waals surface area contributed by atoms with Crippen molar-refractivity contribution in [2.24, 2.45) is 7.05 Å². The third-order valence-corrected chi connectivity index (χ3v) is 6.03. The molecule has 0 spiro atoms. The van der Waals surface area contributed by atoms with Crippen LogP contribution in [0.25, 0.3) is 11.0 Å². The molecule has 25 heavy (non-hydrogen) atoms. The van der Waals surface area contributed by atoms with Gasteiger partial charge in [0.1, 0.15) is 10.7 Å². The lowest BCUT2D eigenvalue weighted by atomic mass is 10.0. The molecule has 6 nitrogen and oxygen atoms in total. The number of likely N-dealkylation sites (N-methyl/N-ethyl adjacent to an activating group) is 1. The molecule has 2 aliphatic heterocycles. The van der Waals surface area contributed by atoms with Gasteiger partial charge in [-0.2, -0.15) is 0 Å². The fraction of sp³-hybridized carbons (Fsp3) is 0.647. The summed E-state index contributed by atoms with van der Waals surface area (Å²) in [4.78, 5) is 16.3. The first-order valence-corrected chi connectivity index (χ1v) is 9.64. The average Bonchev–Trinajstić information content (AvgIpc) is 2.93. The SMILES string of the molecule is CN1CCN(C2CCN(c3nc4c(Cl)nc(Cl)cc4n3C)CC2)CC1. The Morgan fingerprint density at radius 3 is 2.32 bits per heavy atom. The highest BCUT2D eigenvalue weighted by molar-refractivity contribution is 6.36. The van der Waals surface area contributed by atoms with E-state index < -0.39 is 0 Å². The van der Waals surface area contributed by atoms with E-state index in [9.17, 15) is 0 Å². The number of pyridine rings is 1. The highest BCUT2D eigenvalue weighted by Gasteiger charge is 2.28. The summed E-state index contributed by atoms with van der Waals surface area (Å²) in [6.07, 6.45) is 2.36. The Bertz CT molecular complexity index is 760. The van der Waals surface area contributed by atoms with Gasteiger partial charge in [0.05, 0.1) is 5.52 Å². The lowest BCUT2D eigenvalue weighted by Crippen LogP contribution is -2.52. The minimum Gasteiger partial charge on any atom is -0.342 e. The molecule has 0 atom stereocenters. The molecule has 0 aliphatic carbocycles. The minimum absolute atomic E-state index is 0.372. The summed E-state index contributed by atoms with van der Waals surface area (Å²) in [7, 11) is 4.22. The van der Waals surface area contributed by atoms with Gasteiger partial charge in [0.25, 0.3) is 0 Å². The number of fused-ring (bicyclic) bond motifs is 1. The van der Waals surface area contributed by atoms with E-state index in [2.05, 4.69) is 31.3 Å². The van der Waals surface area contributed by atoms with Crippen molar-refractivity contribution in [2.75, 3.05) is 51.2 Å². The van der Waals surface area contributed by atoms with E-state index in [0.29, 0.717) is 16.3 Å². The molecule has 0 amide bonds. The molecule has 8 heteroatoms. The van der Waals surface area contributed by atoms with E-state index in [1.165, 1.54) is 39.0 Å². The number of hydrogen-bond acceptors (Lipinski definition) is 5. The van der Waals surface area contributed by atoms with Gasteiger partial charge in [-0.25, -0.2) is 9.97 Å². The van der Waals surface area contributed by atoms with E-state index in [-0.39, 0.29) is 0 Å². The third-order valence-electron chi connectivity index (χ3n) is 5.57. The maximum atomic E-state index is 6.22. The van der Waals surface area contributed by atoms with Crippen LogP contribution in [0.4, 0.5) is 5.95 Å². The van der Waals surface area contributed by atoms with Crippen LogP contribution in [-0.4, -0.2) is 76.7 Å². The lowest BCUT2D eigenvalue weighted by Gasteiger charge is -2.42. The van der Waals surface area contributed by atoms with Crippen LogP contribution < -0.4 is 4.90 Å². The Morgan fingerprint density at radius 1 is 0.960 bits per heavy atom. The van der Waals surface area contributed by atoms with Crippen molar-refractivity contribution in [1.82, 2.24) is 24.3 Å². The summed E-state index contributed by atoms with van der Waals surface area (Å²) < 4.78 is 2.07. The second-order valence-electron chi connectivity index (χ2n) is 7.13. The number of aryl methyl sites for hydroxylation is 1. The second kappa shape index (κ2) is 6.91. The maximum Gasteiger partial charge on any atom is 0.206 e. The van der Waals surface area contributed by atoms with Crippen LogP contribution >= 0.6 is 23.2 Å². The number of rotatable bonds is 2. The van der Waals surface area contributed by atoms with E-state index in [0.717, 1.165) is 30.1 Å². The van der Waals surface area contributed by atoms with Crippen molar-refractivity contribution in [1.29, 1.82) is 0 Å². The number of piperidine rings is 1. The summed E-state index contributed by atoms with van der Waals surface area (Å²) in [5.41, 5.74) is 1.66. The number of piperazine rings is 1. The molecule has 0 aromatic carbocycles. The highest BCUT2D eigenvalue weighted by atomic mass is 35.5. The largest absolute Gasteiger partial charge is 0.342 e. The van der Waals surface area contributed by atoms with Crippen molar-refractivity contribution in [3.8, 4) is 0 Å². The monoisotopic (exact) mass is 382 g/mol. The quantitative estimate of drug-likeness (QED) is 0.746. The van der Waals surface area contributed by atoms with Crippen LogP contribution in [0.5, 0.6) is 0 Å². The average molecular weight is 383 g/mol. The number of imidazole rings is 1. The summed E-state index contributed by atoms with van der Waals surface area (Å²) in [5, 5.41) is 0.775.